The molecule has 0 radical (unpaired) electrons. The van der Waals surface area contributed by atoms with Crippen LogP contribution >= 0.6 is 36.6 Å². The molecule has 1 aromatic heterocycles. The Hall–Kier alpha value is -2.55. The van der Waals surface area contributed by atoms with E-state index in [9.17, 15) is 14.4 Å². The lowest BCUT2D eigenvalue weighted by molar-refractivity contribution is -0.120. The number of fused-ring (bicyclic) bond motifs is 1. The van der Waals surface area contributed by atoms with E-state index >= 15 is 0 Å². The van der Waals surface area contributed by atoms with Gasteiger partial charge in [-0.3, -0.25) is 14.2 Å². The summed E-state index contributed by atoms with van der Waals surface area (Å²) in [6.07, 6.45) is 0. The fourth-order valence-electron chi connectivity index (χ4n) is 3.53. The molecule has 1 N–H and O–H groups in total. The average Bonchev–Trinajstić information content (AvgIpc) is 2.73. The van der Waals surface area contributed by atoms with E-state index in [1.807, 2.05) is 0 Å². The fourth-order valence-corrected chi connectivity index (χ4v) is 4.05. The Kier molecular flexibility index (Phi) is 8.34. The van der Waals surface area contributed by atoms with Crippen LogP contribution in [0.4, 0.5) is 0 Å². The molecule has 0 saturated heterocycles. The number of hydrogen-bond donors (Lipinski definition) is 2. The van der Waals surface area contributed by atoms with Gasteiger partial charge in [0, 0.05) is 7.05 Å². The number of amides is 1. The summed E-state index contributed by atoms with van der Waals surface area (Å²) < 4.78 is 6.44. The van der Waals surface area contributed by atoms with Crippen LogP contribution in [0.15, 0.2) is 35.1 Å². The van der Waals surface area contributed by atoms with Gasteiger partial charge in [0.05, 0.1) is 33.8 Å². The minimum Gasteiger partial charge on any atom is -0.462 e. The Morgan fingerprint density at radius 3 is 2.53 bits per heavy atom. The molecule has 32 heavy (non-hydrogen) atoms. The summed E-state index contributed by atoms with van der Waals surface area (Å²) in [5.41, 5.74) is 1.65. The molecule has 3 aromatic rings. The quantitative estimate of drug-likeness (QED) is 0.412. The zero-order valence-electron chi connectivity index (χ0n) is 17.9. The third-order valence-electron chi connectivity index (χ3n) is 4.95. The number of thiol groups is 1. The number of para-hydroxylation sites is 1. The number of nitrogens with zero attached hydrogens (tertiary/aromatic N) is 2. The molecule has 0 saturated carbocycles. The molecule has 2 aromatic carbocycles. The molecule has 1 heterocycles. The highest BCUT2D eigenvalue weighted by molar-refractivity contribution is 7.81. The highest BCUT2D eigenvalue weighted by Crippen LogP contribution is 2.29. The Labute approximate surface area is 201 Å². The number of esters is 1. The molecule has 0 fully saturated rings. The van der Waals surface area contributed by atoms with Crippen LogP contribution in [0.25, 0.3) is 16.6 Å². The highest BCUT2D eigenvalue weighted by atomic mass is 35.5. The number of halogens is 2. The van der Waals surface area contributed by atoms with Crippen molar-refractivity contribution in [1.29, 1.82) is 0 Å². The van der Waals surface area contributed by atoms with Crippen molar-refractivity contribution in [3.8, 4) is 5.69 Å². The zero-order valence-corrected chi connectivity index (χ0v) is 20.4. The molecule has 0 bridgehead atoms. The molecule has 7 nitrogen and oxygen atoms in total. The second kappa shape index (κ2) is 10.4. The van der Waals surface area contributed by atoms with E-state index in [4.69, 9.17) is 16.3 Å². The van der Waals surface area contributed by atoms with E-state index in [-0.39, 0.29) is 30.2 Å². The molecule has 1 amide bonds. The zero-order chi connectivity index (χ0) is 22.9. The van der Waals surface area contributed by atoms with Crippen LogP contribution in [-0.2, 0) is 9.53 Å². The summed E-state index contributed by atoms with van der Waals surface area (Å²) >= 11 is 10.8. The molecule has 3 rings (SSSR count). The van der Waals surface area contributed by atoms with Crippen LogP contribution in [0, 0.1) is 13.8 Å². The monoisotopic (exact) mass is 495 g/mol. The summed E-state index contributed by atoms with van der Waals surface area (Å²) in [6, 6.07) is 8.38. The normalized spacial score (nSPS) is 11.6. The Morgan fingerprint density at radius 2 is 1.94 bits per heavy atom. The maximum atomic E-state index is 13.7. The van der Waals surface area contributed by atoms with E-state index in [0.29, 0.717) is 32.9 Å². The molecule has 0 aliphatic heterocycles. The third kappa shape index (κ3) is 4.48. The van der Waals surface area contributed by atoms with Crippen LogP contribution in [0.2, 0.25) is 5.02 Å². The number of rotatable bonds is 5. The molecule has 1 unspecified atom stereocenters. The van der Waals surface area contributed by atoms with Crippen molar-refractivity contribution in [3.63, 3.8) is 0 Å². The van der Waals surface area contributed by atoms with Gasteiger partial charge in [-0.25, -0.2) is 9.78 Å². The lowest BCUT2D eigenvalue weighted by atomic mass is 9.98. The number of aromatic nitrogens is 2. The Balaban J connectivity index is 0.00000363. The molecule has 10 heteroatoms. The number of aryl methyl sites for hydroxylation is 2. The van der Waals surface area contributed by atoms with E-state index in [1.54, 1.807) is 51.1 Å². The summed E-state index contributed by atoms with van der Waals surface area (Å²) in [5, 5.41) is 2.05. The smallest absolute Gasteiger partial charge is 0.338 e. The summed E-state index contributed by atoms with van der Waals surface area (Å²) in [4.78, 5) is 43.2. The van der Waals surface area contributed by atoms with Gasteiger partial charge >= 0.3 is 5.97 Å². The van der Waals surface area contributed by atoms with Crippen LogP contribution in [0.3, 0.4) is 0 Å². The van der Waals surface area contributed by atoms with Gasteiger partial charge in [0.1, 0.15) is 11.1 Å². The lowest BCUT2D eigenvalue weighted by Gasteiger charge is -2.20. The number of likely N-dealkylation sites (N-methyl/N-ethyl adjacent to an activating group) is 1. The number of carbonyl (C=O) groups is 2. The van der Waals surface area contributed by atoms with E-state index in [2.05, 4.69) is 22.9 Å². The first-order valence-electron chi connectivity index (χ1n) is 9.61. The van der Waals surface area contributed by atoms with Crippen LogP contribution in [0.5, 0.6) is 0 Å². The fraction of sp³-hybridized carbons (Fsp3) is 0.273. The lowest BCUT2D eigenvalue weighted by Crippen LogP contribution is -2.31. The first-order valence-corrected chi connectivity index (χ1v) is 10.5. The second-order valence-electron chi connectivity index (χ2n) is 6.89. The van der Waals surface area contributed by atoms with Crippen molar-refractivity contribution in [3.05, 3.63) is 68.2 Å². The van der Waals surface area contributed by atoms with Crippen LogP contribution in [0.1, 0.15) is 39.5 Å². The second-order valence-corrected chi connectivity index (χ2v) is 7.81. The first kappa shape index (κ1) is 25.7. The molecule has 0 aliphatic carbocycles. The standard InChI is InChI=1S/C22H22ClN3O4S.ClH/c1-5-30-22(29)16-11(2)10-14-17(12(16)3)21(28)26(15-9-7-6-8-13(15)23)19(25-14)18(31)20(27)24-4;/h6-10,18,31H,5H2,1-4H3,(H,24,27);1H. The summed E-state index contributed by atoms with van der Waals surface area (Å²) in [7, 11) is 1.48. The van der Waals surface area contributed by atoms with Crippen LogP contribution < -0.4 is 10.9 Å². The minimum atomic E-state index is -1.02. The highest BCUT2D eigenvalue weighted by Gasteiger charge is 2.27. The Bertz CT molecular complexity index is 1260. The number of nitrogens with one attached hydrogen (secondary N) is 1. The van der Waals surface area contributed by atoms with Crippen molar-refractivity contribution in [2.75, 3.05) is 13.7 Å². The van der Waals surface area contributed by atoms with Gasteiger partial charge in [0.25, 0.3) is 5.56 Å². The molecule has 0 spiro atoms. The van der Waals surface area contributed by atoms with Crippen molar-refractivity contribution < 1.29 is 14.3 Å². The molecule has 0 aliphatic rings. The van der Waals surface area contributed by atoms with Gasteiger partial charge in [-0.1, -0.05) is 23.7 Å². The summed E-state index contributed by atoms with van der Waals surface area (Å²) in [5.74, 6) is -0.812. The van der Waals surface area contributed by atoms with Gasteiger partial charge < -0.3 is 10.1 Å². The van der Waals surface area contributed by atoms with Crippen LogP contribution in [-0.4, -0.2) is 35.1 Å². The predicted molar refractivity (Wildman–Crippen MR) is 131 cm³/mol. The maximum Gasteiger partial charge on any atom is 0.338 e. The van der Waals surface area contributed by atoms with Crippen molar-refractivity contribution in [2.24, 2.45) is 0 Å². The number of hydrogen-bond acceptors (Lipinski definition) is 6. The van der Waals surface area contributed by atoms with Crippen molar-refractivity contribution in [2.45, 2.75) is 26.0 Å². The largest absolute Gasteiger partial charge is 0.462 e. The van der Waals surface area contributed by atoms with Gasteiger partial charge in [-0.15, -0.1) is 12.4 Å². The average molecular weight is 496 g/mol. The Morgan fingerprint density at radius 1 is 1.28 bits per heavy atom. The molecule has 170 valence electrons. The molecule has 1 atom stereocenters. The van der Waals surface area contributed by atoms with E-state index in [1.165, 1.54) is 11.6 Å². The van der Waals surface area contributed by atoms with Gasteiger partial charge in [-0.05, 0) is 50.1 Å². The predicted octanol–water partition coefficient (Wildman–Crippen LogP) is 3.97. The number of benzene rings is 2. The topological polar surface area (TPSA) is 90.3 Å². The van der Waals surface area contributed by atoms with Gasteiger partial charge in [0.15, 0.2) is 0 Å². The molecular weight excluding hydrogens is 473 g/mol. The van der Waals surface area contributed by atoms with E-state index < -0.39 is 22.7 Å². The van der Waals surface area contributed by atoms with Crippen molar-refractivity contribution >= 4 is 59.4 Å². The first-order chi connectivity index (χ1) is 14.7. The van der Waals surface area contributed by atoms with E-state index in [0.717, 1.165) is 0 Å². The van der Waals surface area contributed by atoms with Gasteiger partial charge in [0.2, 0.25) is 5.91 Å². The van der Waals surface area contributed by atoms with Crippen molar-refractivity contribution in [1.82, 2.24) is 14.9 Å². The number of ether oxygens (including phenoxy) is 1. The summed E-state index contributed by atoms with van der Waals surface area (Å²) in [6.45, 7) is 5.35. The third-order valence-corrected chi connectivity index (χ3v) is 5.73. The number of carbonyl (C=O) groups excluding carboxylic acids is 2. The van der Waals surface area contributed by atoms with Gasteiger partial charge in [-0.2, -0.15) is 12.6 Å². The maximum absolute atomic E-state index is 13.7. The SMILES string of the molecule is CCOC(=O)c1c(C)cc2nc(C(S)C(=O)NC)n(-c3ccccc3Cl)c(=O)c2c1C.Cl. The minimum absolute atomic E-state index is 0. The molecular formula is C22H23Cl2N3O4S.